The topological polar surface area (TPSA) is 28.7 Å². The summed E-state index contributed by atoms with van der Waals surface area (Å²) in [5, 5.41) is 1.24. The summed E-state index contributed by atoms with van der Waals surface area (Å²) >= 11 is 7.04. The van der Waals surface area contributed by atoms with Gasteiger partial charge in [0, 0.05) is 16.5 Å². The van der Waals surface area contributed by atoms with Crippen LogP contribution in [0.3, 0.4) is 0 Å². The van der Waals surface area contributed by atoms with Gasteiger partial charge in [0.25, 0.3) is 0 Å². The quantitative estimate of drug-likeness (QED) is 0.656. The van der Waals surface area contributed by atoms with Crippen molar-refractivity contribution in [3.63, 3.8) is 0 Å². The predicted molar refractivity (Wildman–Crippen MR) is 71.7 cm³/mol. The van der Waals surface area contributed by atoms with E-state index in [4.69, 9.17) is 12.2 Å². The van der Waals surface area contributed by atoms with Gasteiger partial charge in [0.1, 0.15) is 10.5 Å². The third-order valence-corrected chi connectivity index (χ3v) is 4.23. The summed E-state index contributed by atoms with van der Waals surface area (Å²) in [5.41, 5.74) is 1.14. The van der Waals surface area contributed by atoms with Crippen LogP contribution in [0.5, 0.6) is 0 Å². The van der Waals surface area contributed by atoms with Crippen LogP contribution in [0.4, 0.5) is 0 Å². The first-order valence-electron chi connectivity index (χ1n) is 5.20. The summed E-state index contributed by atoms with van der Waals surface area (Å²) in [7, 11) is 0. The normalized spacial score (nSPS) is 11.3. The molecular formula is C12H10N2S2. The van der Waals surface area contributed by atoms with E-state index in [1.54, 1.807) is 11.3 Å². The number of thiophene rings is 1. The van der Waals surface area contributed by atoms with Gasteiger partial charge in [-0.25, -0.2) is 4.98 Å². The molecule has 3 rings (SSSR count). The van der Waals surface area contributed by atoms with Crippen LogP contribution in [-0.4, -0.2) is 9.97 Å². The largest absolute Gasteiger partial charge is 0.342 e. The standard InChI is InChI=1S/C12H10N2S2/c1-2-9-13-10-7-5-3-4-6-8(7)16-11(10)12(15)14-9/h3-6H,2H2,1H3,(H,13,14,15). The molecule has 1 N–H and O–H groups in total. The molecule has 0 aliphatic carbocycles. The van der Waals surface area contributed by atoms with E-state index < -0.39 is 0 Å². The Morgan fingerprint density at radius 2 is 2.19 bits per heavy atom. The Hall–Kier alpha value is -1.26. The highest BCUT2D eigenvalue weighted by molar-refractivity contribution is 7.71. The molecule has 0 atom stereocenters. The van der Waals surface area contributed by atoms with Gasteiger partial charge in [0.05, 0.1) is 10.2 Å². The number of benzene rings is 1. The maximum Gasteiger partial charge on any atom is 0.147 e. The van der Waals surface area contributed by atoms with Gasteiger partial charge >= 0.3 is 0 Å². The van der Waals surface area contributed by atoms with E-state index in [2.05, 4.69) is 41.2 Å². The van der Waals surface area contributed by atoms with Crippen molar-refractivity contribution < 1.29 is 0 Å². The molecule has 0 aliphatic heterocycles. The number of hydrogen-bond acceptors (Lipinski definition) is 3. The Morgan fingerprint density at radius 3 is 3.00 bits per heavy atom. The third-order valence-electron chi connectivity index (χ3n) is 2.63. The van der Waals surface area contributed by atoms with Gasteiger partial charge in [-0.1, -0.05) is 37.3 Å². The van der Waals surface area contributed by atoms with Crippen molar-refractivity contribution in [1.82, 2.24) is 9.97 Å². The summed E-state index contributed by atoms with van der Waals surface area (Å²) < 4.78 is 3.06. The molecule has 2 nitrogen and oxygen atoms in total. The Morgan fingerprint density at radius 1 is 1.38 bits per heavy atom. The summed E-state index contributed by atoms with van der Waals surface area (Å²) in [6.45, 7) is 2.08. The lowest BCUT2D eigenvalue weighted by molar-refractivity contribution is 0.958. The minimum atomic E-state index is 0.715. The van der Waals surface area contributed by atoms with E-state index in [0.717, 1.165) is 22.5 Å². The van der Waals surface area contributed by atoms with Crippen LogP contribution in [0, 0.1) is 4.64 Å². The Kier molecular flexibility index (Phi) is 2.26. The van der Waals surface area contributed by atoms with Crippen molar-refractivity contribution >= 4 is 43.9 Å². The first kappa shape index (κ1) is 9.93. The fourth-order valence-corrected chi connectivity index (χ4v) is 3.21. The second-order valence-electron chi connectivity index (χ2n) is 3.64. The predicted octanol–water partition coefficient (Wildman–Crippen LogP) is 4.07. The molecular weight excluding hydrogens is 236 g/mol. The van der Waals surface area contributed by atoms with E-state index in [-0.39, 0.29) is 0 Å². The zero-order valence-electron chi connectivity index (χ0n) is 8.78. The van der Waals surface area contributed by atoms with Crippen LogP contribution in [0.25, 0.3) is 20.3 Å². The van der Waals surface area contributed by atoms with Crippen LogP contribution in [0.15, 0.2) is 24.3 Å². The minimum Gasteiger partial charge on any atom is -0.342 e. The van der Waals surface area contributed by atoms with Gasteiger partial charge in [-0.05, 0) is 6.07 Å². The summed E-state index contributed by atoms with van der Waals surface area (Å²) in [5.74, 6) is 0.959. The summed E-state index contributed by atoms with van der Waals surface area (Å²) in [4.78, 5) is 7.76. The molecule has 4 heteroatoms. The first-order chi connectivity index (χ1) is 7.79. The fraction of sp³-hybridized carbons (Fsp3) is 0.167. The molecule has 0 saturated carbocycles. The minimum absolute atomic E-state index is 0.715. The summed E-state index contributed by atoms with van der Waals surface area (Å²) in [6, 6.07) is 8.35. The molecule has 3 aromatic rings. The van der Waals surface area contributed by atoms with E-state index in [9.17, 15) is 0 Å². The molecule has 0 unspecified atom stereocenters. The molecule has 16 heavy (non-hydrogen) atoms. The lowest BCUT2D eigenvalue weighted by Gasteiger charge is -1.97. The van der Waals surface area contributed by atoms with Crippen molar-refractivity contribution in [3.8, 4) is 0 Å². The zero-order chi connectivity index (χ0) is 11.1. The van der Waals surface area contributed by atoms with E-state index in [1.165, 1.54) is 10.1 Å². The van der Waals surface area contributed by atoms with Gasteiger partial charge in [0.2, 0.25) is 0 Å². The molecule has 0 bridgehead atoms. The average Bonchev–Trinajstić information content (AvgIpc) is 2.68. The van der Waals surface area contributed by atoms with Crippen LogP contribution in [-0.2, 0) is 6.42 Å². The molecule has 80 valence electrons. The number of rotatable bonds is 1. The third kappa shape index (κ3) is 1.37. The van der Waals surface area contributed by atoms with E-state index >= 15 is 0 Å². The number of nitrogens with zero attached hydrogens (tertiary/aromatic N) is 1. The van der Waals surface area contributed by atoms with Crippen molar-refractivity contribution in [2.75, 3.05) is 0 Å². The number of aromatic amines is 1. The highest BCUT2D eigenvalue weighted by Crippen LogP contribution is 2.32. The number of H-pyrrole nitrogens is 1. The zero-order valence-corrected chi connectivity index (χ0v) is 10.4. The van der Waals surface area contributed by atoms with E-state index in [0.29, 0.717) is 4.64 Å². The number of aromatic nitrogens is 2. The molecule has 0 fully saturated rings. The lowest BCUT2D eigenvalue weighted by atomic mass is 10.2. The second kappa shape index (κ2) is 3.64. The highest BCUT2D eigenvalue weighted by atomic mass is 32.1. The van der Waals surface area contributed by atoms with Crippen molar-refractivity contribution in [1.29, 1.82) is 0 Å². The molecule has 0 amide bonds. The average molecular weight is 246 g/mol. The van der Waals surface area contributed by atoms with Gasteiger partial charge in [0.15, 0.2) is 0 Å². The highest BCUT2D eigenvalue weighted by Gasteiger charge is 2.07. The Bertz CT molecular complexity index is 725. The first-order valence-corrected chi connectivity index (χ1v) is 6.42. The van der Waals surface area contributed by atoms with Gasteiger partial charge in [-0.2, -0.15) is 0 Å². The van der Waals surface area contributed by atoms with Crippen molar-refractivity contribution in [2.24, 2.45) is 0 Å². The van der Waals surface area contributed by atoms with Crippen LogP contribution in [0.1, 0.15) is 12.7 Å². The number of fused-ring (bicyclic) bond motifs is 3. The fourth-order valence-electron chi connectivity index (χ4n) is 1.83. The molecule has 1 aromatic carbocycles. The number of nitrogens with one attached hydrogen (secondary N) is 1. The van der Waals surface area contributed by atoms with E-state index in [1.807, 2.05) is 0 Å². The van der Waals surface area contributed by atoms with Gasteiger partial charge in [-0.3, -0.25) is 0 Å². The van der Waals surface area contributed by atoms with Crippen LogP contribution in [0.2, 0.25) is 0 Å². The van der Waals surface area contributed by atoms with Gasteiger partial charge < -0.3 is 4.98 Å². The van der Waals surface area contributed by atoms with Crippen molar-refractivity contribution in [2.45, 2.75) is 13.3 Å². The molecule has 0 radical (unpaired) electrons. The molecule has 2 heterocycles. The lowest BCUT2D eigenvalue weighted by Crippen LogP contribution is -1.92. The molecule has 0 spiro atoms. The van der Waals surface area contributed by atoms with Crippen LogP contribution >= 0.6 is 23.6 Å². The molecule has 2 aromatic heterocycles. The smallest absolute Gasteiger partial charge is 0.147 e. The maximum absolute atomic E-state index is 5.33. The van der Waals surface area contributed by atoms with Crippen molar-refractivity contribution in [3.05, 3.63) is 34.7 Å². The SMILES string of the molecule is CCc1nc(=S)c2sc3ccccc3c2[nH]1. The number of hydrogen-bond donors (Lipinski definition) is 1. The van der Waals surface area contributed by atoms with Gasteiger partial charge in [-0.15, -0.1) is 11.3 Å². The molecule has 0 aliphatic rings. The number of aryl methyl sites for hydroxylation is 1. The second-order valence-corrected chi connectivity index (χ2v) is 5.08. The summed E-state index contributed by atoms with van der Waals surface area (Å²) in [6.07, 6.45) is 0.879. The monoisotopic (exact) mass is 246 g/mol. The van der Waals surface area contributed by atoms with Crippen LogP contribution < -0.4 is 0 Å². The Labute approximate surface area is 102 Å². The Balaban J connectivity index is 2.56. The molecule has 0 saturated heterocycles. The maximum atomic E-state index is 5.33.